The summed E-state index contributed by atoms with van der Waals surface area (Å²) in [6.45, 7) is 8.52. The van der Waals surface area contributed by atoms with Crippen molar-refractivity contribution in [3.8, 4) is 0 Å². The van der Waals surface area contributed by atoms with Crippen LogP contribution in [0.15, 0.2) is 6.20 Å². The fourth-order valence-corrected chi connectivity index (χ4v) is 2.09. The van der Waals surface area contributed by atoms with E-state index in [1.165, 1.54) is 11.3 Å². The molecular formula is C14H28N4. The van der Waals surface area contributed by atoms with E-state index in [1.807, 2.05) is 11.7 Å². The van der Waals surface area contributed by atoms with Gasteiger partial charge in [0.2, 0.25) is 0 Å². The molecule has 104 valence electrons. The summed E-state index contributed by atoms with van der Waals surface area (Å²) in [7, 11) is 4.14. The molecule has 1 rings (SSSR count). The maximum Gasteiger partial charge on any atom is 0.0666 e. The molecule has 1 heterocycles. The topological polar surface area (TPSA) is 47.1 Å². The van der Waals surface area contributed by atoms with Gasteiger partial charge in [-0.2, -0.15) is 5.10 Å². The highest BCUT2D eigenvalue weighted by Gasteiger charge is 2.11. The van der Waals surface area contributed by atoms with Crippen LogP contribution in [0.25, 0.3) is 0 Å². The Balaban J connectivity index is 2.46. The Kier molecular flexibility index (Phi) is 5.82. The second-order valence-corrected chi connectivity index (χ2v) is 5.56. The van der Waals surface area contributed by atoms with Gasteiger partial charge in [0.05, 0.1) is 5.69 Å². The summed E-state index contributed by atoms with van der Waals surface area (Å²) >= 11 is 0. The van der Waals surface area contributed by atoms with Gasteiger partial charge in [0.1, 0.15) is 0 Å². The summed E-state index contributed by atoms with van der Waals surface area (Å²) in [6, 6.07) is 0.298. The molecule has 4 heteroatoms. The van der Waals surface area contributed by atoms with Crippen LogP contribution in [0, 0.1) is 5.92 Å². The summed E-state index contributed by atoms with van der Waals surface area (Å²) in [5.41, 5.74) is 8.62. The number of rotatable bonds is 7. The first-order valence-corrected chi connectivity index (χ1v) is 6.89. The highest BCUT2D eigenvalue weighted by atomic mass is 15.3. The van der Waals surface area contributed by atoms with Crippen LogP contribution in [0.4, 0.5) is 0 Å². The Labute approximate surface area is 111 Å². The van der Waals surface area contributed by atoms with Crippen LogP contribution in [0.2, 0.25) is 0 Å². The Morgan fingerprint density at radius 2 is 2.11 bits per heavy atom. The average Bonchev–Trinajstić information content (AvgIpc) is 2.66. The molecule has 0 spiro atoms. The van der Waals surface area contributed by atoms with Gasteiger partial charge in [0, 0.05) is 31.4 Å². The Morgan fingerprint density at radius 3 is 2.67 bits per heavy atom. The summed E-state index contributed by atoms with van der Waals surface area (Å²) in [5, 5.41) is 4.47. The lowest BCUT2D eigenvalue weighted by Gasteiger charge is -2.21. The third-order valence-electron chi connectivity index (χ3n) is 3.47. The van der Waals surface area contributed by atoms with Gasteiger partial charge >= 0.3 is 0 Å². The quantitative estimate of drug-likeness (QED) is 0.805. The Morgan fingerprint density at radius 1 is 1.44 bits per heavy atom. The lowest BCUT2D eigenvalue weighted by molar-refractivity contribution is 0.295. The Bertz CT molecular complexity index is 357. The first-order valence-electron chi connectivity index (χ1n) is 6.89. The second-order valence-electron chi connectivity index (χ2n) is 5.56. The molecule has 4 nitrogen and oxygen atoms in total. The van der Waals surface area contributed by atoms with Crippen molar-refractivity contribution in [2.45, 2.75) is 46.2 Å². The van der Waals surface area contributed by atoms with Crippen molar-refractivity contribution in [3.05, 3.63) is 17.5 Å². The number of hydrogen-bond acceptors (Lipinski definition) is 3. The molecule has 1 atom stereocenters. The average molecular weight is 252 g/mol. The SMILES string of the molecule is CCc1nn(C)cc1CN(C)CCC(N)C(C)C. The molecule has 0 aliphatic rings. The number of aryl methyl sites for hydroxylation is 2. The van der Waals surface area contributed by atoms with Crippen molar-refractivity contribution in [1.82, 2.24) is 14.7 Å². The first-order chi connectivity index (χ1) is 8.43. The van der Waals surface area contributed by atoms with Crippen molar-refractivity contribution in [3.63, 3.8) is 0 Å². The van der Waals surface area contributed by atoms with E-state index in [2.05, 4.69) is 44.0 Å². The normalized spacial score (nSPS) is 13.6. The zero-order valence-corrected chi connectivity index (χ0v) is 12.5. The van der Waals surface area contributed by atoms with E-state index in [0.717, 1.165) is 25.9 Å². The van der Waals surface area contributed by atoms with Crippen LogP contribution in [0.3, 0.4) is 0 Å². The molecule has 0 saturated heterocycles. The van der Waals surface area contributed by atoms with Crippen molar-refractivity contribution < 1.29 is 0 Å². The van der Waals surface area contributed by atoms with Crippen molar-refractivity contribution in [1.29, 1.82) is 0 Å². The zero-order valence-electron chi connectivity index (χ0n) is 12.5. The van der Waals surface area contributed by atoms with Crippen molar-refractivity contribution >= 4 is 0 Å². The Hall–Kier alpha value is -0.870. The molecule has 0 bridgehead atoms. The largest absolute Gasteiger partial charge is 0.327 e. The van der Waals surface area contributed by atoms with E-state index in [-0.39, 0.29) is 0 Å². The molecule has 18 heavy (non-hydrogen) atoms. The zero-order chi connectivity index (χ0) is 13.7. The summed E-state index contributed by atoms with van der Waals surface area (Å²) in [5.74, 6) is 0.558. The molecule has 1 aromatic rings. The fraction of sp³-hybridized carbons (Fsp3) is 0.786. The highest BCUT2D eigenvalue weighted by molar-refractivity contribution is 5.16. The third-order valence-corrected chi connectivity index (χ3v) is 3.47. The third kappa shape index (κ3) is 4.42. The van der Waals surface area contributed by atoms with Gasteiger partial charge in [-0.05, 0) is 32.4 Å². The maximum atomic E-state index is 6.08. The molecule has 0 saturated carbocycles. The predicted octanol–water partition coefficient (Wildman–Crippen LogP) is 1.79. The molecule has 1 unspecified atom stereocenters. The second kappa shape index (κ2) is 6.90. The lowest BCUT2D eigenvalue weighted by Crippen LogP contribution is -2.31. The molecule has 0 aromatic carbocycles. The molecular weight excluding hydrogens is 224 g/mol. The smallest absolute Gasteiger partial charge is 0.0666 e. The molecule has 0 fully saturated rings. The van der Waals surface area contributed by atoms with Gasteiger partial charge in [0.15, 0.2) is 0 Å². The van der Waals surface area contributed by atoms with Gasteiger partial charge in [-0.25, -0.2) is 0 Å². The summed E-state index contributed by atoms with van der Waals surface area (Å²) < 4.78 is 1.90. The van der Waals surface area contributed by atoms with Gasteiger partial charge in [-0.3, -0.25) is 4.68 Å². The molecule has 0 amide bonds. The first kappa shape index (κ1) is 15.2. The minimum absolute atomic E-state index is 0.298. The minimum atomic E-state index is 0.298. The summed E-state index contributed by atoms with van der Waals surface area (Å²) in [6.07, 6.45) is 4.17. The van der Waals surface area contributed by atoms with E-state index in [1.54, 1.807) is 0 Å². The number of aromatic nitrogens is 2. The van der Waals surface area contributed by atoms with E-state index in [9.17, 15) is 0 Å². The maximum absolute atomic E-state index is 6.08. The highest BCUT2D eigenvalue weighted by Crippen LogP contribution is 2.11. The van der Waals surface area contributed by atoms with E-state index < -0.39 is 0 Å². The van der Waals surface area contributed by atoms with Crippen molar-refractivity contribution in [2.75, 3.05) is 13.6 Å². The lowest BCUT2D eigenvalue weighted by atomic mass is 10.0. The van der Waals surface area contributed by atoms with Crippen LogP contribution >= 0.6 is 0 Å². The van der Waals surface area contributed by atoms with Gasteiger partial charge < -0.3 is 10.6 Å². The van der Waals surface area contributed by atoms with Crippen LogP contribution in [0.5, 0.6) is 0 Å². The molecule has 0 aliphatic carbocycles. The van der Waals surface area contributed by atoms with Crippen LogP contribution in [-0.4, -0.2) is 34.3 Å². The molecule has 0 radical (unpaired) electrons. The van der Waals surface area contributed by atoms with Crippen LogP contribution in [0.1, 0.15) is 38.4 Å². The molecule has 0 aliphatic heterocycles. The summed E-state index contributed by atoms with van der Waals surface area (Å²) in [4.78, 5) is 2.33. The standard InChI is InChI=1S/C14H28N4/c1-6-14-12(10-18(5)16-14)9-17(4)8-7-13(15)11(2)3/h10-11,13H,6-9,15H2,1-5H3. The van der Waals surface area contributed by atoms with Gasteiger partial charge in [-0.15, -0.1) is 0 Å². The number of nitrogens with two attached hydrogens (primary N) is 1. The van der Waals surface area contributed by atoms with E-state index in [0.29, 0.717) is 12.0 Å². The van der Waals surface area contributed by atoms with Gasteiger partial charge in [-0.1, -0.05) is 20.8 Å². The van der Waals surface area contributed by atoms with E-state index in [4.69, 9.17) is 5.73 Å². The van der Waals surface area contributed by atoms with E-state index >= 15 is 0 Å². The van der Waals surface area contributed by atoms with Gasteiger partial charge in [0.25, 0.3) is 0 Å². The predicted molar refractivity (Wildman–Crippen MR) is 76.4 cm³/mol. The van der Waals surface area contributed by atoms with Crippen LogP contribution in [-0.2, 0) is 20.0 Å². The van der Waals surface area contributed by atoms with Crippen molar-refractivity contribution in [2.24, 2.45) is 18.7 Å². The number of nitrogens with zero attached hydrogens (tertiary/aromatic N) is 3. The number of hydrogen-bond donors (Lipinski definition) is 1. The fourth-order valence-electron chi connectivity index (χ4n) is 2.09. The molecule has 2 N–H and O–H groups in total. The minimum Gasteiger partial charge on any atom is -0.327 e. The molecule has 1 aromatic heterocycles. The van der Waals surface area contributed by atoms with Crippen LogP contribution < -0.4 is 5.73 Å². The monoisotopic (exact) mass is 252 g/mol.